The minimum Gasteiger partial charge on any atom is -0.486 e. The maximum absolute atomic E-state index is 13.6. The highest BCUT2D eigenvalue weighted by Gasteiger charge is 2.38. The largest absolute Gasteiger partial charge is 0.486 e. The summed E-state index contributed by atoms with van der Waals surface area (Å²) in [6.45, 7) is 6.74. The first kappa shape index (κ1) is 29.2. The molecule has 5 rings (SSSR count). The Hall–Kier alpha value is -3.34. The molecule has 2 aliphatic heterocycles. The predicted molar refractivity (Wildman–Crippen MR) is 154 cm³/mol. The van der Waals surface area contributed by atoms with E-state index in [9.17, 15) is 17.6 Å². The molecule has 0 bridgehead atoms. The Labute approximate surface area is 241 Å². The molecule has 3 atom stereocenters. The topological polar surface area (TPSA) is 89.0 Å². The maximum Gasteiger partial charge on any atom is 0.254 e. The van der Waals surface area contributed by atoms with E-state index in [0.29, 0.717) is 48.6 Å². The number of sulfonamides is 1. The Kier molecular flexibility index (Phi) is 8.45. The number of ether oxygens (including phenoxy) is 2. The lowest BCUT2D eigenvalue weighted by molar-refractivity contribution is 0.0339. The van der Waals surface area contributed by atoms with Gasteiger partial charge in [-0.3, -0.25) is 4.79 Å². The van der Waals surface area contributed by atoms with E-state index in [-0.39, 0.29) is 23.8 Å². The van der Waals surface area contributed by atoms with Gasteiger partial charge in [-0.2, -0.15) is 8.70 Å². The van der Waals surface area contributed by atoms with E-state index >= 15 is 0 Å². The molecule has 0 N–H and O–H groups in total. The lowest BCUT2D eigenvalue weighted by Gasteiger charge is -2.25. The van der Waals surface area contributed by atoms with E-state index in [1.54, 1.807) is 49.3 Å². The molecule has 0 saturated carbocycles. The summed E-state index contributed by atoms with van der Waals surface area (Å²) in [6, 6.07) is 15.4. The third-order valence-corrected chi connectivity index (χ3v) is 9.83. The van der Waals surface area contributed by atoms with Gasteiger partial charge < -0.3 is 14.4 Å². The van der Waals surface area contributed by atoms with E-state index in [1.165, 1.54) is 10.4 Å². The normalized spacial score (nSPS) is 21.4. The van der Waals surface area contributed by atoms with Crippen LogP contribution in [0.2, 0.25) is 0 Å². The van der Waals surface area contributed by atoms with Crippen molar-refractivity contribution < 1.29 is 27.1 Å². The van der Waals surface area contributed by atoms with Crippen molar-refractivity contribution in [3.8, 4) is 5.75 Å². The second kappa shape index (κ2) is 11.9. The summed E-state index contributed by atoms with van der Waals surface area (Å²) in [5.41, 5.74) is 4.43. The standard InChI is InChI=1S/C31H36FN3O5S/c1-20-10-11-21(2)26(15-20)31(36)34-17-28(39-4)29(18-34)40-24-8-5-7-23(16-24)19-41(37,38)35-14-6-9-27(35)25-12-13-30(32)33-22(25)3/h5,7-8,10-13,15-16,27-29H,6,9,14,17-19H2,1-4H3/t27?,28-,29-/m1/s1. The van der Waals surface area contributed by atoms with Crippen LogP contribution in [0.25, 0.3) is 0 Å². The van der Waals surface area contributed by atoms with Gasteiger partial charge in [0, 0.05) is 24.9 Å². The number of likely N-dealkylation sites (tertiary alicyclic amines) is 1. The minimum absolute atomic E-state index is 0.0639. The molecular weight excluding hydrogens is 545 g/mol. The van der Waals surface area contributed by atoms with E-state index in [1.807, 2.05) is 32.0 Å². The number of methoxy groups -OCH3 is 1. The van der Waals surface area contributed by atoms with Gasteiger partial charge >= 0.3 is 0 Å². The lowest BCUT2D eigenvalue weighted by Crippen LogP contribution is -2.32. The summed E-state index contributed by atoms with van der Waals surface area (Å²) in [6.07, 6.45) is 0.655. The van der Waals surface area contributed by atoms with E-state index < -0.39 is 22.1 Å². The van der Waals surface area contributed by atoms with Gasteiger partial charge in [-0.05, 0) is 74.6 Å². The van der Waals surface area contributed by atoms with Crippen molar-refractivity contribution in [3.63, 3.8) is 0 Å². The second-order valence-corrected chi connectivity index (χ2v) is 12.9. The third kappa shape index (κ3) is 6.29. The molecule has 2 fully saturated rings. The Morgan fingerprint density at radius 3 is 2.59 bits per heavy atom. The highest BCUT2D eigenvalue weighted by Crippen LogP contribution is 2.36. The quantitative estimate of drug-likeness (QED) is 0.358. The van der Waals surface area contributed by atoms with Crippen LogP contribution in [0.1, 0.15) is 57.2 Å². The molecule has 3 aromatic rings. The fraction of sp³-hybridized carbons (Fsp3) is 0.419. The van der Waals surface area contributed by atoms with Crippen molar-refractivity contribution >= 4 is 15.9 Å². The molecule has 2 aromatic carbocycles. The zero-order chi connectivity index (χ0) is 29.3. The highest BCUT2D eigenvalue weighted by atomic mass is 32.2. The van der Waals surface area contributed by atoms with Gasteiger partial charge in [-0.1, -0.05) is 35.9 Å². The number of halogens is 1. The fourth-order valence-electron chi connectivity index (χ4n) is 5.84. The van der Waals surface area contributed by atoms with Crippen LogP contribution in [0.4, 0.5) is 4.39 Å². The Morgan fingerprint density at radius 1 is 1.05 bits per heavy atom. The van der Waals surface area contributed by atoms with Gasteiger partial charge in [0.25, 0.3) is 5.91 Å². The predicted octanol–water partition coefficient (Wildman–Crippen LogP) is 4.73. The number of carbonyl (C=O) groups excluding carboxylic acids is 1. The number of aryl methyl sites for hydroxylation is 3. The van der Waals surface area contributed by atoms with E-state index in [2.05, 4.69) is 4.98 Å². The first-order valence-corrected chi connectivity index (χ1v) is 15.4. The van der Waals surface area contributed by atoms with Gasteiger partial charge in [-0.15, -0.1) is 0 Å². The number of carbonyl (C=O) groups is 1. The monoisotopic (exact) mass is 581 g/mol. The van der Waals surface area contributed by atoms with Crippen molar-refractivity contribution in [2.75, 3.05) is 26.7 Å². The second-order valence-electron chi connectivity index (χ2n) is 10.9. The molecule has 218 valence electrons. The van der Waals surface area contributed by atoms with Crippen molar-refractivity contribution in [1.29, 1.82) is 0 Å². The van der Waals surface area contributed by atoms with Crippen LogP contribution in [0.3, 0.4) is 0 Å². The Balaban J connectivity index is 1.29. The molecule has 0 spiro atoms. The molecule has 2 aliphatic rings. The zero-order valence-corrected chi connectivity index (χ0v) is 24.7. The molecule has 41 heavy (non-hydrogen) atoms. The summed E-state index contributed by atoms with van der Waals surface area (Å²) in [5.74, 6) is -0.316. The third-order valence-electron chi connectivity index (χ3n) is 7.98. The van der Waals surface area contributed by atoms with Crippen LogP contribution in [0.5, 0.6) is 5.75 Å². The van der Waals surface area contributed by atoms with Crippen molar-refractivity contribution in [1.82, 2.24) is 14.2 Å². The number of rotatable bonds is 8. The molecule has 0 aliphatic carbocycles. The lowest BCUT2D eigenvalue weighted by atomic mass is 10.0. The average molecular weight is 582 g/mol. The first-order valence-electron chi connectivity index (χ1n) is 13.8. The summed E-state index contributed by atoms with van der Waals surface area (Å²) in [4.78, 5) is 18.9. The summed E-state index contributed by atoms with van der Waals surface area (Å²) >= 11 is 0. The molecule has 8 nitrogen and oxygen atoms in total. The van der Waals surface area contributed by atoms with E-state index in [4.69, 9.17) is 9.47 Å². The number of hydrogen-bond donors (Lipinski definition) is 0. The number of benzene rings is 2. The Bertz CT molecular complexity index is 1550. The number of amides is 1. The van der Waals surface area contributed by atoms with Crippen LogP contribution in [0.15, 0.2) is 54.6 Å². The molecule has 1 amide bonds. The summed E-state index contributed by atoms with van der Waals surface area (Å²) in [7, 11) is -2.08. The van der Waals surface area contributed by atoms with Crippen LogP contribution >= 0.6 is 0 Å². The summed E-state index contributed by atoms with van der Waals surface area (Å²) in [5, 5.41) is 0. The number of hydrogen-bond acceptors (Lipinski definition) is 6. The molecular formula is C31H36FN3O5S. The molecule has 3 heterocycles. The van der Waals surface area contributed by atoms with Gasteiger partial charge in [-0.25, -0.2) is 13.4 Å². The molecule has 2 saturated heterocycles. The molecule has 10 heteroatoms. The zero-order valence-electron chi connectivity index (χ0n) is 23.8. The van der Waals surface area contributed by atoms with Gasteiger partial charge in [0.15, 0.2) is 0 Å². The molecule has 0 radical (unpaired) electrons. The smallest absolute Gasteiger partial charge is 0.254 e. The van der Waals surface area contributed by atoms with Crippen molar-refractivity contribution in [3.05, 3.63) is 94.1 Å². The highest BCUT2D eigenvalue weighted by molar-refractivity contribution is 7.88. The van der Waals surface area contributed by atoms with Crippen molar-refractivity contribution in [2.45, 2.75) is 57.6 Å². The van der Waals surface area contributed by atoms with Gasteiger partial charge in [0.05, 0.1) is 24.9 Å². The Morgan fingerprint density at radius 2 is 1.83 bits per heavy atom. The first-order chi connectivity index (χ1) is 19.6. The van der Waals surface area contributed by atoms with Crippen molar-refractivity contribution in [2.24, 2.45) is 0 Å². The fourth-order valence-corrected chi connectivity index (χ4v) is 7.62. The van der Waals surface area contributed by atoms with E-state index in [0.717, 1.165) is 23.1 Å². The van der Waals surface area contributed by atoms with Crippen LogP contribution < -0.4 is 4.74 Å². The number of aromatic nitrogens is 1. The average Bonchev–Trinajstić information content (AvgIpc) is 3.58. The maximum atomic E-state index is 13.6. The molecule has 1 aromatic heterocycles. The summed E-state index contributed by atoms with van der Waals surface area (Å²) < 4.78 is 54.1. The van der Waals surface area contributed by atoms with Gasteiger partial charge in [0.2, 0.25) is 16.0 Å². The number of nitrogens with zero attached hydrogens (tertiary/aromatic N) is 3. The SMILES string of the molecule is CO[C@@H]1CN(C(=O)c2cc(C)ccc2C)C[C@H]1Oc1cccc(CS(=O)(=O)N2CCCC2c2ccc(F)nc2C)c1. The molecule has 1 unspecified atom stereocenters. The number of pyridine rings is 1. The van der Waals surface area contributed by atoms with Crippen LogP contribution in [0, 0.1) is 26.7 Å². The van der Waals surface area contributed by atoms with Gasteiger partial charge in [0.1, 0.15) is 18.0 Å². The van der Waals surface area contributed by atoms with Crippen LogP contribution in [-0.2, 0) is 20.5 Å². The van der Waals surface area contributed by atoms with Crippen LogP contribution in [-0.4, -0.2) is 67.5 Å². The minimum atomic E-state index is -3.68.